The summed E-state index contributed by atoms with van der Waals surface area (Å²) in [5.74, 6) is 0. The van der Waals surface area contributed by atoms with Gasteiger partial charge in [-0.05, 0) is 137 Å². The van der Waals surface area contributed by atoms with Crippen molar-refractivity contribution in [3.05, 3.63) is 200 Å². The second-order valence-corrected chi connectivity index (χ2v) is 13.4. The zero-order chi connectivity index (χ0) is 33.7. The maximum atomic E-state index is 2.37. The summed E-state index contributed by atoms with van der Waals surface area (Å²) in [5, 5.41) is 12.6. The molecule has 0 fully saturated rings. The Labute approximate surface area is 297 Å². The van der Waals surface area contributed by atoms with E-state index in [4.69, 9.17) is 0 Å². The lowest BCUT2D eigenvalue weighted by Crippen LogP contribution is -2.09. The van der Waals surface area contributed by atoms with Crippen molar-refractivity contribution in [3.63, 3.8) is 0 Å². The fourth-order valence-electron chi connectivity index (χ4n) is 7.78. The van der Waals surface area contributed by atoms with E-state index < -0.39 is 0 Å². The van der Waals surface area contributed by atoms with Crippen LogP contribution in [0.1, 0.15) is 0 Å². The molecule has 0 N–H and O–H groups in total. The van der Waals surface area contributed by atoms with E-state index >= 15 is 0 Å². The first-order valence-corrected chi connectivity index (χ1v) is 17.6. The molecule has 10 rings (SSSR count). The number of rotatable bonds is 5. The van der Waals surface area contributed by atoms with Crippen molar-refractivity contribution in [1.29, 1.82) is 0 Å². The first-order chi connectivity index (χ1) is 25.2. The number of anilines is 3. The largest absolute Gasteiger partial charge is 0.310 e. The summed E-state index contributed by atoms with van der Waals surface area (Å²) in [6, 6.07) is 73.1. The molecule has 1 nitrogen and oxygen atoms in total. The molecule has 0 radical (unpaired) electrons. The lowest BCUT2D eigenvalue weighted by atomic mass is 9.95. The summed E-state index contributed by atoms with van der Waals surface area (Å²) in [6.07, 6.45) is 0. The Morgan fingerprint density at radius 1 is 0.235 bits per heavy atom. The molecule has 0 saturated carbocycles. The van der Waals surface area contributed by atoms with Crippen molar-refractivity contribution in [1.82, 2.24) is 0 Å². The molecule has 0 saturated heterocycles. The number of benzene rings is 10. The van der Waals surface area contributed by atoms with Crippen LogP contribution in [0.3, 0.4) is 0 Å². The summed E-state index contributed by atoms with van der Waals surface area (Å²) in [5.41, 5.74) is 8.26. The van der Waals surface area contributed by atoms with Crippen LogP contribution in [0, 0.1) is 0 Å². The molecule has 0 unspecified atom stereocenters. The average molecular weight is 648 g/mol. The minimum Gasteiger partial charge on any atom is -0.310 e. The van der Waals surface area contributed by atoms with Gasteiger partial charge in [0.1, 0.15) is 0 Å². The van der Waals surface area contributed by atoms with Crippen LogP contribution in [0.25, 0.3) is 76.1 Å². The quantitative estimate of drug-likeness (QED) is 0.168. The van der Waals surface area contributed by atoms with Crippen molar-refractivity contribution in [2.45, 2.75) is 0 Å². The molecule has 10 aromatic rings. The first kappa shape index (κ1) is 29.2. The summed E-state index contributed by atoms with van der Waals surface area (Å²) in [6.45, 7) is 0. The Bertz CT molecular complexity index is 2740. The third-order valence-electron chi connectivity index (χ3n) is 10.4. The molecule has 0 amide bonds. The van der Waals surface area contributed by atoms with Crippen molar-refractivity contribution >= 4 is 70.9 Å². The van der Waals surface area contributed by atoms with Gasteiger partial charge >= 0.3 is 0 Å². The van der Waals surface area contributed by atoms with Crippen LogP contribution in [-0.4, -0.2) is 0 Å². The SMILES string of the molecule is c1ccc2cc(N(c3ccc(-c4cccc5cc6ccccc6cc45)cc3)c3ccc(-c4cccc5cc6ccccc6cc45)cc3)ccc2c1. The third kappa shape index (κ3) is 5.19. The molecule has 0 atom stereocenters. The van der Waals surface area contributed by atoms with Crippen LogP contribution in [0.5, 0.6) is 0 Å². The first-order valence-electron chi connectivity index (χ1n) is 17.6. The van der Waals surface area contributed by atoms with Crippen molar-refractivity contribution in [2.75, 3.05) is 4.90 Å². The highest BCUT2D eigenvalue weighted by Gasteiger charge is 2.15. The Balaban J connectivity index is 1.07. The topological polar surface area (TPSA) is 3.24 Å². The van der Waals surface area contributed by atoms with Gasteiger partial charge < -0.3 is 4.90 Å². The monoisotopic (exact) mass is 647 g/mol. The Hall–Kier alpha value is -6.70. The van der Waals surface area contributed by atoms with Crippen LogP contribution in [0.2, 0.25) is 0 Å². The van der Waals surface area contributed by atoms with Gasteiger partial charge in [0.05, 0.1) is 0 Å². The predicted octanol–water partition coefficient (Wildman–Crippen LogP) is 14.3. The summed E-state index contributed by atoms with van der Waals surface area (Å²) in [7, 11) is 0. The molecule has 51 heavy (non-hydrogen) atoms. The number of hydrogen-bond donors (Lipinski definition) is 0. The standard InChI is InChI=1S/C50H33N/c1-2-12-39-31-46(28-19-34(39)9-1)51(44-24-20-35(21-25-44)47-17-7-15-42-29-37-10-3-5-13-40(37)32-49(42)47)45-26-22-36(23-27-45)48-18-8-16-43-30-38-11-4-6-14-41(38)33-50(43)48/h1-33H. The molecule has 0 bridgehead atoms. The zero-order valence-corrected chi connectivity index (χ0v) is 28.0. The highest BCUT2D eigenvalue weighted by Crippen LogP contribution is 2.40. The van der Waals surface area contributed by atoms with Gasteiger partial charge in [-0.1, -0.05) is 140 Å². The molecule has 0 spiro atoms. The van der Waals surface area contributed by atoms with Crippen LogP contribution in [0.4, 0.5) is 17.1 Å². The molecule has 0 aliphatic carbocycles. The van der Waals surface area contributed by atoms with Crippen molar-refractivity contribution in [2.24, 2.45) is 0 Å². The second-order valence-electron chi connectivity index (χ2n) is 13.4. The maximum Gasteiger partial charge on any atom is 0.0468 e. The summed E-state index contributed by atoms with van der Waals surface area (Å²) < 4.78 is 0. The smallest absolute Gasteiger partial charge is 0.0468 e. The third-order valence-corrected chi connectivity index (χ3v) is 10.4. The molecular weight excluding hydrogens is 615 g/mol. The minimum absolute atomic E-state index is 1.11. The summed E-state index contributed by atoms with van der Waals surface area (Å²) >= 11 is 0. The fourth-order valence-corrected chi connectivity index (χ4v) is 7.78. The summed E-state index contributed by atoms with van der Waals surface area (Å²) in [4.78, 5) is 2.37. The lowest BCUT2D eigenvalue weighted by molar-refractivity contribution is 1.29. The van der Waals surface area contributed by atoms with Crippen molar-refractivity contribution < 1.29 is 0 Å². The van der Waals surface area contributed by atoms with Gasteiger partial charge in [-0.25, -0.2) is 0 Å². The average Bonchev–Trinajstić information content (AvgIpc) is 3.19. The van der Waals surface area contributed by atoms with Crippen LogP contribution < -0.4 is 4.90 Å². The Morgan fingerprint density at radius 2 is 0.608 bits per heavy atom. The van der Waals surface area contributed by atoms with Gasteiger partial charge in [-0.3, -0.25) is 0 Å². The van der Waals surface area contributed by atoms with Crippen LogP contribution >= 0.6 is 0 Å². The second kappa shape index (κ2) is 12.0. The molecule has 0 aliphatic rings. The molecule has 0 aromatic heterocycles. The molecule has 10 aromatic carbocycles. The molecule has 0 aliphatic heterocycles. The lowest BCUT2D eigenvalue weighted by Gasteiger charge is -2.26. The fraction of sp³-hybridized carbons (Fsp3) is 0. The van der Waals surface area contributed by atoms with Gasteiger partial charge in [0, 0.05) is 17.1 Å². The number of nitrogens with zero attached hydrogens (tertiary/aromatic N) is 1. The van der Waals surface area contributed by atoms with E-state index in [0.717, 1.165) is 17.1 Å². The maximum absolute atomic E-state index is 2.37. The molecule has 1 heteroatoms. The van der Waals surface area contributed by atoms with Gasteiger partial charge in [-0.2, -0.15) is 0 Å². The predicted molar refractivity (Wildman–Crippen MR) is 220 cm³/mol. The Morgan fingerprint density at radius 3 is 1.08 bits per heavy atom. The van der Waals surface area contributed by atoms with Gasteiger partial charge in [0.15, 0.2) is 0 Å². The molecule has 0 heterocycles. The van der Waals surface area contributed by atoms with E-state index in [1.165, 1.54) is 76.1 Å². The van der Waals surface area contributed by atoms with E-state index in [-0.39, 0.29) is 0 Å². The van der Waals surface area contributed by atoms with E-state index in [9.17, 15) is 0 Å². The molecule has 238 valence electrons. The van der Waals surface area contributed by atoms with E-state index in [2.05, 4.69) is 205 Å². The van der Waals surface area contributed by atoms with Crippen LogP contribution in [-0.2, 0) is 0 Å². The van der Waals surface area contributed by atoms with Crippen LogP contribution in [0.15, 0.2) is 200 Å². The van der Waals surface area contributed by atoms with Gasteiger partial charge in [0.2, 0.25) is 0 Å². The molecular formula is C50H33N. The highest BCUT2D eigenvalue weighted by atomic mass is 15.1. The highest BCUT2D eigenvalue weighted by molar-refractivity contribution is 6.06. The van der Waals surface area contributed by atoms with E-state index in [0.29, 0.717) is 0 Å². The van der Waals surface area contributed by atoms with Gasteiger partial charge in [-0.15, -0.1) is 0 Å². The number of hydrogen-bond acceptors (Lipinski definition) is 1. The normalized spacial score (nSPS) is 11.5. The van der Waals surface area contributed by atoms with Crippen molar-refractivity contribution in [3.8, 4) is 22.3 Å². The minimum atomic E-state index is 1.11. The van der Waals surface area contributed by atoms with E-state index in [1.807, 2.05) is 0 Å². The zero-order valence-electron chi connectivity index (χ0n) is 28.0. The Kier molecular flexibility index (Phi) is 6.89. The van der Waals surface area contributed by atoms with Gasteiger partial charge in [0.25, 0.3) is 0 Å². The van der Waals surface area contributed by atoms with E-state index in [1.54, 1.807) is 0 Å². The number of fused-ring (bicyclic) bond motifs is 5.